The molecule has 5 aromatic carbocycles. The van der Waals surface area contributed by atoms with Gasteiger partial charge in [0.05, 0.1) is 17.1 Å². The van der Waals surface area contributed by atoms with Crippen molar-refractivity contribution in [2.75, 3.05) is 11.9 Å². The van der Waals surface area contributed by atoms with Crippen LogP contribution >= 0.6 is 15.9 Å². The van der Waals surface area contributed by atoms with Gasteiger partial charge >= 0.3 is 0 Å². The summed E-state index contributed by atoms with van der Waals surface area (Å²) in [5, 5.41) is 10.5. The van der Waals surface area contributed by atoms with Gasteiger partial charge in [-0.1, -0.05) is 76.6 Å². The number of fused-ring (bicyclic) bond motifs is 3. The molecule has 2 heterocycles. The lowest BCUT2D eigenvalue weighted by Crippen LogP contribution is -2.21. The monoisotopic (exact) mass is 642 g/mol. The van der Waals surface area contributed by atoms with E-state index in [1.165, 1.54) is 4.68 Å². The maximum absolute atomic E-state index is 13.8. The molecule has 7 rings (SSSR count). The van der Waals surface area contributed by atoms with Crippen molar-refractivity contribution in [2.45, 2.75) is 0 Å². The van der Waals surface area contributed by atoms with Gasteiger partial charge in [-0.15, -0.1) is 0 Å². The minimum Gasteiger partial charge on any atom is -0.483 e. The van der Waals surface area contributed by atoms with Crippen molar-refractivity contribution in [3.05, 3.63) is 136 Å². The molecule has 2 aromatic heterocycles. The fourth-order valence-corrected chi connectivity index (χ4v) is 5.41. The molecule has 0 saturated heterocycles. The van der Waals surface area contributed by atoms with Gasteiger partial charge in [0.1, 0.15) is 11.3 Å². The van der Waals surface area contributed by atoms with Crippen molar-refractivity contribution in [3.8, 4) is 17.3 Å². The number of carbonyl (C=O) groups excluding carboxylic acids is 1. The summed E-state index contributed by atoms with van der Waals surface area (Å²) in [6.07, 6.45) is 1.56. The van der Waals surface area contributed by atoms with Gasteiger partial charge in [-0.25, -0.2) is 4.98 Å². The predicted molar refractivity (Wildman–Crippen MR) is 176 cm³/mol. The topological polar surface area (TPSA) is 98.7 Å². The zero-order valence-corrected chi connectivity index (χ0v) is 24.7. The third-order valence-corrected chi connectivity index (χ3v) is 7.60. The second-order valence-corrected chi connectivity index (χ2v) is 10.9. The third kappa shape index (κ3) is 5.36. The minimum absolute atomic E-state index is 0.217. The van der Waals surface area contributed by atoms with E-state index in [-0.39, 0.29) is 23.9 Å². The number of halogens is 1. The second-order valence-electron chi connectivity index (χ2n) is 10.0. The second kappa shape index (κ2) is 11.6. The molecule has 0 aliphatic rings. The highest BCUT2D eigenvalue weighted by molar-refractivity contribution is 9.10. The van der Waals surface area contributed by atoms with Crippen LogP contribution in [0, 0.1) is 0 Å². The molecular formula is C35H23BrN4O4. The van der Waals surface area contributed by atoms with Gasteiger partial charge in [-0.05, 0) is 65.4 Å². The van der Waals surface area contributed by atoms with E-state index in [1.807, 2.05) is 78.9 Å². The summed E-state index contributed by atoms with van der Waals surface area (Å²) in [6, 6.07) is 35.3. The summed E-state index contributed by atoms with van der Waals surface area (Å²) in [5.41, 5.74) is 2.11. The van der Waals surface area contributed by atoms with Crippen LogP contribution in [0.1, 0.15) is 5.56 Å². The standard InChI is InChI=1S/C35H23BrN4O4/c36-24-15-17-30-23(18-24)19-32(44-30)34-39-29-13-7-6-12-27(29)35(42)40(34)37-20-28-26-11-5-4-8-22(26)14-16-31(28)43-21-33(41)38-25-9-2-1-3-10-25/h1-20H,21H2,(H,38,41). The number of amides is 1. The number of rotatable bonds is 7. The van der Waals surface area contributed by atoms with Crippen molar-refractivity contribution in [1.82, 2.24) is 9.66 Å². The van der Waals surface area contributed by atoms with Gasteiger partial charge in [0, 0.05) is 21.1 Å². The molecule has 0 atom stereocenters. The smallest absolute Gasteiger partial charge is 0.282 e. The van der Waals surface area contributed by atoms with Crippen molar-refractivity contribution in [2.24, 2.45) is 5.10 Å². The number of para-hydroxylation sites is 2. The Hall–Kier alpha value is -5.54. The van der Waals surface area contributed by atoms with Crippen LogP contribution < -0.4 is 15.6 Å². The van der Waals surface area contributed by atoms with Crippen LogP contribution in [-0.4, -0.2) is 28.4 Å². The Balaban J connectivity index is 1.32. The van der Waals surface area contributed by atoms with Crippen molar-refractivity contribution >= 4 is 66.4 Å². The number of hydrogen-bond donors (Lipinski definition) is 1. The average molecular weight is 643 g/mol. The molecule has 0 saturated carbocycles. The highest BCUT2D eigenvalue weighted by Gasteiger charge is 2.17. The van der Waals surface area contributed by atoms with Gasteiger partial charge in [-0.2, -0.15) is 9.78 Å². The van der Waals surface area contributed by atoms with Gasteiger partial charge < -0.3 is 14.5 Å². The van der Waals surface area contributed by atoms with E-state index in [9.17, 15) is 9.59 Å². The number of nitrogens with zero attached hydrogens (tertiary/aromatic N) is 3. The Kier molecular flexibility index (Phi) is 7.21. The molecule has 0 fully saturated rings. The number of anilines is 1. The van der Waals surface area contributed by atoms with Gasteiger partial charge in [0.15, 0.2) is 12.4 Å². The van der Waals surface area contributed by atoms with E-state index in [1.54, 1.807) is 42.6 Å². The Labute approximate surface area is 259 Å². The molecule has 214 valence electrons. The number of benzene rings is 5. The van der Waals surface area contributed by atoms with E-state index in [4.69, 9.17) is 14.1 Å². The Morgan fingerprint density at radius 1 is 0.886 bits per heavy atom. The number of carbonyl (C=O) groups is 1. The van der Waals surface area contributed by atoms with E-state index in [0.717, 1.165) is 20.6 Å². The SMILES string of the molecule is O=C(COc1ccc2ccccc2c1C=Nn1c(-c2cc3cc(Br)ccc3o2)nc2ccccc2c1=O)Nc1ccccc1. The summed E-state index contributed by atoms with van der Waals surface area (Å²) >= 11 is 3.50. The third-order valence-electron chi connectivity index (χ3n) is 7.10. The quantitative estimate of drug-likeness (QED) is 0.180. The summed E-state index contributed by atoms with van der Waals surface area (Å²) in [6.45, 7) is -0.217. The molecule has 9 heteroatoms. The summed E-state index contributed by atoms with van der Waals surface area (Å²) in [4.78, 5) is 31.3. The molecule has 1 amide bonds. The molecule has 0 unspecified atom stereocenters. The Morgan fingerprint density at radius 2 is 1.66 bits per heavy atom. The van der Waals surface area contributed by atoms with Gasteiger partial charge in [-0.3, -0.25) is 9.59 Å². The maximum atomic E-state index is 13.8. The van der Waals surface area contributed by atoms with Crippen LogP contribution in [0.15, 0.2) is 134 Å². The summed E-state index contributed by atoms with van der Waals surface area (Å²) in [5.74, 6) is 0.779. The maximum Gasteiger partial charge on any atom is 0.282 e. The zero-order chi connectivity index (χ0) is 30.0. The molecule has 44 heavy (non-hydrogen) atoms. The first-order chi connectivity index (χ1) is 21.5. The van der Waals surface area contributed by atoms with Crippen molar-refractivity contribution in [3.63, 3.8) is 0 Å². The van der Waals surface area contributed by atoms with Crippen LogP contribution in [0.3, 0.4) is 0 Å². The number of aromatic nitrogens is 2. The first kappa shape index (κ1) is 27.3. The lowest BCUT2D eigenvalue weighted by molar-refractivity contribution is -0.118. The molecular weight excluding hydrogens is 620 g/mol. The molecule has 8 nitrogen and oxygen atoms in total. The van der Waals surface area contributed by atoms with Crippen LogP contribution in [0.5, 0.6) is 5.75 Å². The molecule has 0 aliphatic heterocycles. The van der Waals surface area contributed by atoms with Gasteiger partial charge in [0.2, 0.25) is 5.82 Å². The number of nitrogens with one attached hydrogen (secondary N) is 1. The van der Waals surface area contributed by atoms with Crippen molar-refractivity contribution in [1.29, 1.82) is 0 Å². The summed E-state index contributed by atoms with van der Waals surface area (Å²) in [7, 11) is 0. The fraction of sp³-hybridized carbons (Fsp3) is 0.0286. The average Bonchev–Trinajstić information content (AvgIpc) is 3.47. The molecule has 0 spiro atoms. The van der Waals surface area contributed by atoms with E-state index in [0.29, 0.717) is 39.2 Å². The first-order valence-electron chi connectivity index (χ1n) is 13.8. The number of furan rings is 1. The molecule has 0 radical (unpaired) electrons. The molecule has 0 bridgehead atoms. The Morgan fingerprint density at radius 3 is 2.52 bits per heavy atom. The largest absolute Gasteiger partial charge is 0.483 e. The molecule has 0 aliphatic carbocycles. The predicted octanol–water partition coefficient (Wildman–Crippen LogP) is 7.63. The number of ether oxygens (including phenoxy) is 1. The van der Waals surface area contributed by atoms with Crippen LogP contribution in [0.2, 0.25) is 0 Å². The van der Waals surface area contributed by atoms with E-state index < -0.39 is 0 Å². The summed E-state index contributed by atoms with van der Waals surface area (Å²) < 4.78 is 14.3. The van der Waals surface area contributed by atoms with Gasteiger partial charge in [0.25, 0.3) is 11.5 Å². The lowest BCUT2D eigenvalue weighted by Gasteiger charge is -2.12. The van der Waals surface area contributed by atoms with Crippen LogP contribution in [-0.2, 0) is 4.79 Å². The highest BCUT2D eigenvalue weighted by Crippen LogP contribution is 2.30. The Bertz CT molecular complexity index is 2280. The minimum atomic E-state index is -0.353. The van der Waals surface area contributed by atoms with Crippen molar-refractivity contribution < 1.29 is 13.9 Å². The van der Waals surface area contributed by atoms with E-state index in [2.05, 4.69) is 26.3 Å². The van der Waals surface area contributed by atoms with E-state index >= 15 is 0 Å². The first-order valence-corrected chi connectivity index (χ1v) is 14.6. The highest BCUT2D eigenvalue weighted by atomic mass is 79.9. The molecule has 7 aromatic rings. The zero-order valence-electron chi connectivity index (χ0n) is 23.1. The molecule has 1 N–H and O–H groups in total. The number of hydrogen-bond acceptors (Lipinski definition) is 6. The van der Waals surface area contributed by atoms with Crippen LogP contribution in [0.25, 0.3) is 44.2 Å². The lowest BCUT2D eigenvalue weighted by atomic mass is 10.0. The van der Waals surface area contributed by atoms with Crippen LogP contribution in [0.4, 0.5) is 5.69 Å². The fourth-order valence-electron chi connectivity index (χ4n) is 5.03. The normalized spacial score (nSPS) is 11.5.